The van der Waals surface area contributed by atoms with Crippen LogP contribution in [0.15, 0.2) is 52.3 Å². The van der Waals surface area contributed by atoms with Crippen LogP contribution in [0, 0.1) is 22.7 Å². The lowest BCUT2D eigenvalue weighted by molar-refractivity contribution is 0.0373. The molecule has 2 aromatic rings. The molecule has 0 fully saturated rings. The minimum Gasteiger partial charge on any atom is -0.459 e. The van der Waals surface area contributed by atoms with Crippen LogP contribution >= 0.6 is 0 Å². The number of benzene rings is 2. The molecule has 0 unspecified atom stereocenters. The minimum atomic E-state index is -4.07. The number of nitriles is 2. The van der Waals surface area contributed by atoms with Crippen molar-refractivity contribution in [2.45, 2.75) is 29.7 Å². The Balaban J connectivity index is 2.61. The SMILES string of the molecule is CC(C)OC(=O)c1ccccc1S(=O)(=O)c1ccc(C#N)c(C#N)c1. The van der Waals surface area contributed by atoms with Gasteiger partial charge in [0.1, 0.15) is 12.1 Å². The molecule has 2 aromatic carbocycles. The maximum absolute atomic E-state index is 12.9. The number of hydrogen-bond acceptors (Lipinski definition) is 6. The van der Waals surface area contributed by atoms with Gasteiger partial charge < -0.3 is 4.74 Å². The highest BCUT2D eigenvalue weighted by Gasteiger charge is 2.26. The molecular formula is C18H14N2O4S. The van der Waals surface area contributed by atoms with Crippen molar-refractivity contribution in [3.05, 3.63) is 59.2 Å². The molecule has 0 aliphatic carbocycles. The number of esters is 1. The highest BCUT2D eigenvalue weighted by molar-refractivity contribution is 7.91. The molecule has 0 amide bonds. The largest absolute Gasteiger partial charge is 0.459 e. The average molecular weight is 354 g/mol. The monoisotopic (exact) mass is 354 g/mol. The second-order valence-electron chi connectivity index (χ2n) is 5.38. The first kappa shape index (κ1) is 18.2. The number of carbonyl (C=O) groups excluding carboxylic acids is 1. The minimum absolute atomic E-state index is 0.0502. The number of nitrogens with zero attached hydrogens (tertiary/aromatic N) is 2. The van der Waals surface area contributed by atoms with Gasteiger partial charge in [0.2, 0.25) is 9.84 Å². The van der Waals surface area contributed by atoms with Crippen molar-refractivity contribution < 1.29 is 17.9 Å². The zero-order chi connectivity index (χ0) is 18.6. The van der Waals surface area contributed by atoms with Crippen LogP contribution in [0.25, 0.3) is 0 Å². The predicted octanol–water partition coefficient (Wildman–Crippen LogP) is 2.83. The number of hydrogen-bond donors (Lipinski definition) is 0. The van der Waals surface area contributed by atoms with Gasteiger partial charge in [-0.1, -0.05) is 12.1 Å². The molecule has 2 rings (SSSR count). The van der Waals surface area contributed by atoms with Crippen LogP contribution in [0.3, 0.4) is 0 Å². The van der Waals surface area contributed by atoms with Crippen LogP contribution in [-0.2, 0) is 14.6 Å². The number of sulfone groups is 1. The molecule has 0 aromatic heterocycles. The lowest BCUT2D eigenvalue weighted by Crippen LogP contribution is -2.16. The van der Waals surface area contributed by atoms with E-state index in [9.17, 15) is 13.2 Å². The Labute approximate surface area is 145 Å². The van der Waals surface area contributed by atoms with Crippen molar-refractivity contribution in [1.82, 2.24) is 0 Å². The third-order valence-electron chi connectivity index (χ3n) is 3.28. The second-order valence-corrected chi connectivity index (χ2v) is 7.30. The fourth-order valence-electron chi connectivity index (χ4n) is 2.15. The molecule has 0 spiro atoms. The lowest BCUT2D eigenvalue weighted by Gasteiger charge is -2.12. The summed E-state index contributed by atoms with van der Waals surface area (Å²) in [5.41, 5.74) is -0.0566. The highest BCUT2D eigenvalue weighted by Crippen LogP contribution is 2.26. The van der Waals surface area contributed by atoms with Gasteiger partial charge in [-0.25, -0.2) is 13.2 Å². The van der Waals surface area contributed by atoms with Crippen LogP contribution in [0.2, 0.25) is 0 Å². The number of carbonyl (C=O) groups is 1. The predicted molar refractivity (Wildman–Crippen MR) is 88.3 cm³/mol. The van der Waals surface area contributed by atoms with Crippen molar-refractivity contribution in [1.29, 1.82) is 10.5 Å². The van der Waals surface area contributed by atoms with E-state index in [1.54, 1.807) is 19.9 Å². The van der Waals surface area contributed by atoms with Crippen molar-refractivity contribution in [2.75, 3.05) is 0 Å². The van der Waals surface area contributed by atoms with Gasteiger partial charge in [-0.15, -0.1) is 0 Å². The first-order chi connectivity index (χ1) is 11.8. The van der Waals surface area contributed by atoms with Crippen LogP contribution in [0.4, 0.5) is 0 Å². The van der Waals surface area contributed by atoms with Crippen LogP contribution in [-0.4, -0.2) is 20.5 Å². The average Bonchev–Trinajstić information content (AvgIpc) is 2.60. The molecule has 0 atom stereocenters. The summed E-state index contributed by atoms with van der Waals surface area (Å²) in [6, 6.07) is 12.9. The first-order valence-electron chi connectivity index (χ1n) is 7.30. The number of ether oxygens (including phenoxy) is 1. The normalized spacial score (nSPS) is 10.8. The van der Waals surface area contributed by atoms with Gasteiger partial charge in [-0.3, -0.25) is 0 Å². The fraction of sp³-hybridized carbons (Fsp3) is 0.167. The van der Waals surface area contributed by atoms with Crippen LogP contribution in [0.1, 0.15) is 35.3 Å². The van der Waals surface area contributed by atoms with E-state index in [2.05, 4.69) is 0 Å². The van der Waals surface area contributed by atoms with E-state index in [-0.39, 0.29) is 26.5 Å². The molecule has 0 aliphatic heterocycles. The summed E-state index contributed by atoms with van der Waals surface area (Å²) in [6.07, 6.45) is -0.400. The van der Waals surface area contributed by atoms with Crippen LogP contribution < -0.4 is 0 Å². The summed E-state index contributed by atoms with van der Waals surface area (Å²) >= 11 is 0. The molecule has 0 radical (unpaired) electrons. The van der Waals surface area contributed by atoms with Gasteiger partial charge in [0.15, 0.2) is 0 Å². The maximum atomic E-state index is 12.9. The van der Waals surface area contributed by atoms with E-state index in [1.807, 2.05) is 6.07 Å². The van der Waals surface area contributed by atoms with Crippen molar-refractivity contribution in [3.63, 3.8) is 0 Å². The molecule has 126 valence electrons. The Bertz CT molecular complexity index is 1010. The van der Waals surface area contributed by atoms with E-state index in [0.29, 0.717) is 0 Å². The van der Waals surface area contributed by atoms with E-state index >= 15 is 0 Å². The van der Waals surface area contributed by atoms with E-state index in [4.69, 9.17) is 15.3 Å². The lowest BCUT2D eigenvalue weighted by atomic mass is 10.1. The molecule has 7 heteroatoms. The zero-order valence-electron chi connectivity index (χ0n) is 13.6. The molecule has 0 heterocycles. The Hall–Kier alpha value is -3.16. The summed E-state index contributed by atoms with van der Waals surface area (Å²) in [5.74, 6) is -0.747. The van der Waals surface area contributed by atoms with Gasteiger partial charge in [0, 0.05) is 0 Å². The van der Waals surface area contributed by atoms with Gasteiger partial charge in [-0.05, 0) is 44.2 Å². The van der Waals surface area contributed by atoms with Gasteiger partial charge in [0.05, 0.1) is 32.6 Å². The van der Waals surface area contributed by atoms with Crippen LogP contribution in [0.5, 0.6) is 0 Å². The van der Waals surface area contributed by atoms with Crippen molar-refractivity contribution in [2.24, 2.45) is 0 Å². The maximum Gasteiger partial charge on any atom is 0.339 e. The quantitative estimate of drug-likeness (QED) is 0.781. The molecule has 0 bridgehead atoms. The molecule has 0 saturated carbocycles. The molecule has 6 nitrogen and oxygen atoms in total. The summed E-state index contributed by atoms with van der Waals surface area (Å²) < 4.78 is 30.9. The van der Waals surface area contributed by atoms with Crippen molar-refractivity contribution >= 4 is 15.8 Å². The van der Waals surface area contributed by atoms with Gasteiger partial charge >= 0.3 is 5.97 Å². The topological polar surface area (TPSA) is 108 Å². The third-order valence-corrected chi connectivity index (χ3v) is 5.09. The van der Waals surface area contributed by atoms with Gasteiger partial charge in [-0.2, -0.15) is 10.5 Å². The third kappa shape index (κ3) is 3.68. The molecule has 0 saturated heterocycles. The molecule has 0 aliphatic rings. The van der Waals surface area contributed by atoms with E-state index in [1.165, 1.54) is 36.4 Å². The highest BCUT2D eigenvalue weighted by atomic mass is 32.2. The first-order valence-corrected chi connectivity index (χ1v) is 8.79. The Kier molecular flexibility index (Phi) is 5.21. The summed E-state index contributed by atoms with van der Waals surface area (Å²) in [5, 5.41) is 18.0. The summed E-state index contributed by atoms with van der Waals surface area (Å²) in [6.45, 7) is 3.32. The standard InChI is InChI=1S/C18H14N2O4S/c1-12(2)24-18(21)16-5-3-4-6-17(16)25(22,23)15-8-7-13(10-19)14(9-15)11-20/h3-9,12H,1-2H3. The zero-order valence-corrected chi connectivity index (χ0v) is 14.4. The van der Waals surface area contributed by atoms with E-state index < -0.39 is 21.9 Å². The van der Waals surface area contributed by atoms with Crippen molar-refractivity contribution in [3.8, 4) is 12.1 Å². The second kappa shape index (κ2) is 7.16. The summed E-state index contributed by atoms with van der Waals surface area (Å²) in [4.78, 5) is 11.8. The molecule has 0 N–H and O–H groups in total. The molecular weight excluding hydrogens is 340 g/mol. The smallest absolute Gasteiger partial charge is 0.339 e. The Morgan fingerprint density at radius 3 is 2.28 bits per heavy atom. The fourth-order valence-corrected chi connectivity index (χ4v) is 3.63. The Morgan fingerprint density at radius 1 is 1.04 bits per heavy atom. The van der Waals surface area contributed by atoms with Gasteiger partial charge in [0.25, 0.3) is 0 Å². The Morgan fingerprint density at radius 2 is 1.68 bits per heavy atom. The number of rotatable bonds is 4. The summed E-state index contributed by atoms with van der Waals surface area (Å²) in [7, 11) is -4.07. The molecule has 25 heavy (non-hydrogen) atoms. The van der Waals surface area contributed by atoms with E-state index in [0.717, 1.165) is 6.07 Å².